The zero-order valence-electron chi connectivity index (χ0n) is 18.6. The Bertz CT molecular complexity index is 1070. The summed E-state index contributed by atoms with van der Waals surface area (Å²) in [6.45, 7) is 9.70. The van der Waals surface area contributed by atoms with Crippen LogP contribution in [0.1, 0.15) is 34.1 Å². The SMILES string of the molecule is COc1cc(C)c(CN2CCOC(c3cccc(-c4cnc(N)nc4)n3)C2)c(C)c1C. The van der Waals surface area contributed by atoms with Crippen molar-refractivity contribution >= 4 is 5.95 Å². The molecule has 1 saturated heterocycles. The fourth-order valence-corrected chi connectivity index (χ4v) is 4.06. The summed E-state index contributed by atoms with van der Waals surface area (Å²) in [5.41, 5.74) is 13.3. The maximum atomic E-state index is 6.09. The molecule has 0 bridgehead atoms. The number of nitrogen functional groups attached to an aromatic ring is 1. The van der Waals surface area contributed by atoms with E-state index in [1.807, 2.05) is 18.2 Å². The van der Waals surface area contributed by atoms with Gasteiger partial charge in [-0.2, -0.15) is 0 Å². The van der Waals surface area contributed by atoms with Crippen molar-refractivity contribution in [2.75, 3.05) is 32.5 Å². The van der Waals surface area contributed by atoms with Crippen molar-refractivity contribution in [1.82, 2.24) is 19.9 Å². The third-order valence-electron chi connectivity index (χ3n) is 6.03. The Morgan fingerprint density at radius 1 is 1.16 bits per heavy atom. The van der Waals surface area contributed by atoms with Gasteiger partial charge in [0.1, 0.15) is 11.9 Å². The summed E-state index contributed by atoms with van der Waals surface area (Å²) in [5.74, 6) is 1.21. The lowest BCUT2D eigenvalue weighted by molar-refractivity contribution is -0.0350. The first-order valence-corrected chi connectivity index (χ1v) is 10.5. The molecule has 0 spiro atoms. The first-order chi connectivity index (χ1) is 15.0. The van der Waals surface area contributed by atoms with Gasteiger partial charge < -0.3 is 15.2 Å². The Morgan fingerprint density at radius 3 is 2.68 bits per heavy atom. The van der Waals surface area contributed by atoms with E-state index < -0.39 is 0 Å². The Morgan fingerprint density at radius 2 is 1.94 bits per heavy atom. The fourth-order valence-electron chi connectivity index (χ4n) is 4.06. The predicted molar refractivity (Wildman–Crippen MR) is 121 cm³/mol. The number of aryl methyl sites for hydroxylation is 1. The molecule has 0 saturated carbocycles. The van der Waals surface area contributed by atoms with E-state index in [2.05, 4.69) is 41.7 Å². The molecule has 2 aromatic heterocycles. The average Bonchev–Trinajstić information content (AvgIpc) is 2.80. The van der Waals surface area contributed by atoms with Gasteiger partial charge in [-0.3, -0.25) is 4.90 Å². The molecule has 1 aliphatic rings. The molecule has 31 heavy (non-hydrogen) atoms. The molecule has 0 radical (unpaired) electrons. The monoisotopic (exact) mass is 419 g/mol. The largest absolute Gasteiger partial charge is 0.496 e. The lowest BCUT2D eigenvalue weighted by Crippen LogP contribution is -2.38. The number of hydrogen-bond acceptors (Lipinski definition) is 7. The van der Waals surface area contributed by atoms with Crippen molar-refractivity contribution in [2.45, 2.75) is 33.4 Å². The standard InChI is InChI=1S/C24H29N5O2/c1-15-10-22(30-4)17(3)16(2)19(15)13-29-8-9-31-23(14-29)21-7-5-6-20(28-21)18-11-26-24(25)27-12-18/h5-7,10-12,23H,8-9,13-14H2,1-4H3,(H2,25,26,27). The lowest BCUT2D eigenvalue weighted by atomic mass is 9.96. The third-order valence-corrected chi connectivity index (χ3v) is 6.03. The van der Waals surface area contributed by atoms with Crippen molar-refractivity contribution in [3.63, 3.8) is 0 Å². The van der Waals surface area contributed by atoms with Crippen LogP contribution in [-0.2, 0) is 11.3 Å². The Labute approximate surface area is 183 Å². The van der Waals surface area contributed by atoms with Gasteiger partial charge in [-0.1, -0.05) is 6.07 Å². The van der Waals surface area contributed by atoms with E-state index >= 15 is 0 Å². The minimum Gasteiger partial charge on any atom is -0.496 e. The first kappa shape index (κ1) is 21.2. The summed E-state index contributed by atoms with van der Waals surface area (Å²) in [6, 6.07) is 8.10. The molecule has 4 rings (SSSR count). The number of morpholine rings is 1. The zero-order chi connectivity index (χ0) is 22.0. The number of nitrogens with two attached hydrogens (primary N) is 1. The van der Waals surface area contributed by atoms with Gasteiger partial charge in [0, 0.05) is 37.6 Å². The van der Waals surface area contributed by atoms with E-state index in [1.165, 1.54) is 22.3 Å². The van der Waals surface area contributed by atoms with Crippen LogP contribution in [0.3, 0.4) is 0 Å². The number of benzene rings is 1. The van der Waals surface area contributed by atoms with Gasteiger partial charge in [-0.25, -0.2) is 15.0 Å². The highest BCUT2D eigenvalue weighted by atomic mass is 16.5. The van der Waals surface area contributed by atoms with Gasteiger partial charge in [0.05, 0.1) is 25.1 Å². The molecule has 0 amide bonds. The van der Waals surface area contributed by atoms with E-state index in [9.17, 15) is 0 Å². The highest BCUT2D eigenvalue weighted by molar-refractivity contribution is 5.57. The normalized spacial score (nSPS) is 17.0. The van der Waals surface area contributed by atoms with Crippen LogP contribution in [0.15, 0.2) is 36.7 Å². The van der Waals surface area contributed by atoms with Crippen molar-refractivity contribution in [3.8, 4) is 17.0 Å². The molecular formula is C24H29N5O2. The summed E-state index contributed by atoms with van der Waals surface area (Å²) in [4.78, 5) is 15.4. The molecule has 0 aliphatic carbocycles. The number of anilines is 1. The number of methoxy groups -OCH3 is 1. The number of nitrogens with zero attached hydrogens (tertiary/aromatic N) is 4. The number of aromatic nitrogens is 3. The molecular weight excluding hydrogens is 390 g/mol. The van der Waals surface area contributed by atoms with Crippen LogP contribution >= 0.6 is 0 Å². The molecule has 1 atom stereocenters. The van der Waals surface area contributed by atoms with Crippen LogP contribution in [0.4, 0.5) is 5.95 Å². The molecule has 1 fully saturated rings. The van der Waals surface area contributed by atoms with Gasteiger partial charge in [-0.05, 0) is 61.2 Å². The average molecular weight is 420 g/mol. The quantitative estimate of drug-likeness (QED) is 0.676. The van der Waals surface area contributed by atoms with E-state index in [0.29, 0.717) is 6.61 Å². The number of pyridine rings is 1. The van der Waals surface area contributed by atoms with Gasteiger partial charge in [-0.15, -0.1) is 0 Å². The maximum absolute atomic E-state index is 6.09. The number of hydrogen-bond donors (Lipinski definition) is 1. The summed E-state index contributed by atoms with van der Waals surface area (Å²) < 4.78 is 11.6. The van der Waals surface area contributed by atoms with Crippen LogP contribution in [0.5, 0.6) is 5.75 Å². The number of ether oxygens (including phenoxy) is 2. The van der Waals surface area contributed by atoms with E-state index in [-0.39, 0.29) is 12.1 Å². The number of rotatable bonds is 5. The Balaban J connectivity index is 1.53. The zero-order valence-corrected chi connectivity index (χ0v) is 18.6. The summed E-state index contributed by atoms with van der Waals surface area (Å²) in [6.07, 6.45) is 3.31. The van der Waals surface area contributed by atoms with Crippen LogP contribution in [0.2, 0.25) is 0 Å². The summed E-state index contributed by atoms with van der Waals surface area (Å²) >= 11 is 0. The Kier molecular flexibility index (Phi) is 6.15. The molecule has 3 heterocycles. The molecule has 1 unspecified atom stereocenters. The maximum Gasteiger partial charge on any atom is 0.219 e. The van der Waals surface area contributed by atoms with Gasteiger partial charge in [0.2, 0.25) is 5.95 Å². The highest BCUT2D eigenvalue weighted by Gasteiger charge is 2.25. The van der Waals surface area contributed by atoms with Crippen LogP contribution in [0.25, 0.3) is 11.3 Å². The second-order valence-electron chi connectivity index (χ2n) is 8.00. The summed E-state index contributed by atoms with van der Waals surface area (Å²) in [7, 11) is 1.73. The van der Waals surface area contributed by atoms with Gasteiger partial charge >= 0.3 is 0 Å². The highest BCUT2D eigenvalue weighted by Crippen LogP contribution is 2.30. The summed E-state index contributed by atoms with van der Waals surface area (Å²) in [5, 5.41) is 0. The molecule has 2 N–H and O–H groups in total. The topological polar surface area (TPSA) is 86.4 Å². The van der Waals surface area contributed by atoms with Gasteiger partial charge in [0.25, 0.3) is 0 Å². The van der Waals surface area contributed by atoms with Crippen LogP contribution in [-0.4, -0.2) is 46.7 Å². The molecule has 162 valence electrons. The molecule has 3 aromatic rings. The minimum absolute atomic E-state index is 0.0802. The Hall–Kier alpha value is -3.03. The van der Waals surface area contributed by atoms with Gasteiger partial charge in [0.15, 0.2) is 0 Å². The second kappa shape index (κ2) is 8.99. The molecule has 1 aromatic carbocycles. The smallest absolute Gasteiger partial charge is 0.219 e. The second-order valence-corrected chi connectivity index (χ2v) is 8.00. The van der Waals surface area contributed by atoms with Crippen LogP contribution in [0, 0.1) is 20.8 Å². The lowest BCUT2D eigenvalue weighted by Gasteiger charge is -2.33. The molecule has 7 heteroatoms. The van der Waals surface area contributed by atoms with E-state index in [1.54, 1.807) is 19.5 Å². The van der Waals surface area contributed by atoms with Crippen molar-refractivity contribution in [1.29, 1.82) is 0 Å². The first-order valence-electron chi connectivity index (χ1n) is 10.5. The van der Waals surface area contributed by atoms with Crippen LogP contribution < -0.4 is 10.5 Å². The molecule has 1 aliphatic heterocycles. The van der Waals surface area contributed by atoms with Crippen molar-refractivity contribution < 1.29 is 9.47 Å². The van der Waals surface area contributed by atoms with E-state index in [4.69, 9.17) is 20.2 Å². The van der Waals surface area contributed by atoms with E-state index in [0.717, 1.165) is 42.3 Å². The molecule has 7 nitrogen and oxygen atoms in total. The minimum atomic E-state index is -0.0802. The predicted octanol–water partition coefficient (Wildman–Crippen LogP) is 3.63. The third kappa shape index (κ3) is 4.52. The fraction of sp³-hybridized carbons (Fsp3) is 0.375. The van der Waals surface area contributed by atoms with Crippen molar-refractivity contribution in [3.05, 3.63) is 64.6 Å². The van der Waals surface area contributed by atoms with Crippen molar-refractivity contribution in [2.24, 2.45) is 0 Å².